The summed E-state index contributed by atoms with van der Waals surface area (Å²) in [5.41, 5.74) is 2.81. The van der Waals surface area contributed by atoms with E-state index in [0.717, 1.165) is 41.4 Å². The average molecular weight is 361 g/mol. The zero-order chi connectivity index (χ0) is 15.7. The number of rotatable bonds is 3. The number of hydrogen-bond acceptors (Lipinski definition) is 4. The molecule has 1 aromatic heterocycles. The zero-order valence-corrected chi connectivity index (χ0v) is 14.8. The number of anilines is 2. The van der Waals surface area contributed by atoms with Crippen molar-refractivity contribution in [1.82, 2.24) is 9.97 Å². The van der Waals surface area contributed by atoms with E-state index in [-0.39, 0.29) is 0 Å². The van der Waals surface area contributed by atoms with E-state index in [9.17, 15) is 0 Å². The second-order valence-corrected chi connectivity index (χ2v) is 6.87. The maximum Gasteiger partial charge on any atom is 0.135 e. The molecule has 0 saturated heterocycles. The smallest absolute Gasteiger partial charge is 0.135 e. The summed E-state index contributed by atoms with van der Waals surface area (Å²) in [5.74, 6) is 3.10. The molecule has 2 aromatic rings. The molecule has 1 aliphatic rings. The SMILES string of the molecule is CNc1cc(N2CCc3ccc(Br)cc3C2)nc(C(C)C)n1. The molecule has 116 valence electrons. The molecule has 0 radical (unpaired) electrons. The quantitative estimate of drug-likeness (QED) is 0.898. The Kier molecular flexibility index (Phi) is 4.34. The minimum atomic E-state index is 0.318. The lowest BCUT2D eigenvalue weighted by Gasteiger charge is -2.30. The molecule has 0 unspecified atom stereocenters. The van der Waals surface area contributed by atoms with Gasteiger partial charge in [0.1, 0.15) is 17.5 Å². The number of nitrogens with one attached hydrogen (secondary N) is 1. The van der Waals surface area contributed by atoms with Gasteiger partial charge in [-0.05, 0) is 29.7 Å². The summed E-state index contributed by atoms with van der Waals surface area (Å²) < 4.78 is 1.13. The minimum absolute atomic E-state index is 0.318. The largest absolute Gasteiger partial charge is 0.373 e. The second-order valence-electron chi connectivity index (χ2n) is 5.96. The molecule has 0 saturated carbocycles. The lowest BCUT2D eigenvalue weighted by Crippen LogP contribution is -2.31. The number of hydrogen-bond donors (Lipinski definition) is 1. The number of aromatic nitrogens is 2. The monoisotopic (exact) mass is 360 g/mol. The maximum atomic E-state index is 4.76. The Labute approximate surface area is 140 Å². The third-order valence-corrected chi connectivity index (χ3v) is 4.50. The average Bonchev–Trinajstić information content (AvgIpc) is 2.53. The van der Waals surface area contributed by atoms with Crippen molar-refractivity contribution in [3.05, 3.63) is 45.7 Å². The Bertz CT molecular complexity index is 684. The normalized spacial score (nSPS) is 14.1. The van der Waals surface area contributed by atoms with Crippen molar-refractivity contribution in [3.63, 3.8) is 0 Å². The standard InChI is InChI=1S/C17H21BrN4/c1-11(2)17-20-15(19-3)9-16(21-17)22-7-6-12-4-5-14(18)8-13(12)10-22/h4-5,8-9,11H,6-7,10H2,1-3H3,(H,19,20,21). The van der Waals surface area contributed by atoms with Crippen LogP contribution in [-0.4, -0.2) is 23.6 Å². The van der Waals surface area contributed by atoms with Gasteiger partial charge in [0.05, 0.1) is 0 Å². The molecule has 0 amide bonds. The summed E-state index contributed by atoms with van der Waals surface area (Å²) >= 11 is 3.57. The Morgan fingerprint density at radius 2 is 2.00 bits per heavy atom. The summed E-state index contributed by atoms with van der Waals surface area (Å²) in [6, 6.07) is 8.59. The van der Waals surface area contributed by atoms with Gasteiger partial charge < -0.3 is 10.2 Å². The van der Waals surface area contributed by atoms with E-state index in [2.05, 4.69) is 63.2 Å². The molecule has 1 N–H and O–H groups in total. The fraction of sp³-hybridized carbons (Fsp3) is 0.412. The Balaban J connectivity index is 1.93. The summed E-state index contributed by atoms with van der Waals surface area (Å²) in [6.07, 6.45) is 1.05. The molecule has 0 fully saturated rings. The van der Waals surface area contributed by atoms with Crippen LogP contribution >= 0.6 is 15.9 Å². The van der Waals surface area contributed by atoms with E-state index in [1.165, 1.54) is 11.1 Å². The number of benzene rings is 1. The topological polar surface area (TPSA) is 41.0 Å². The van der Waals surface area contributed by atoms with E-state index in [4.69, 9.17) is 4.98 Å². The zero-order valence-electron chi connectivity index (χ0n) is 13.2. The van der Waals surface area contributed by atoms with E-state index in [1.54, 1.807) is 0 Å². The van der Waals surface area contributed by atoms with Crippen LogP contribution in [-0.2, 0) is 13.0 Å². The van der Waals surface area contributed by atoms with Crippen LogP contribution in [0.15, 0.2) is 28.7 Å². The summed E-state index contributed by atoms with van der Waals surface area (Å²) in [5, 5.41) is 3.14. The maximum absolute atomic E-state index is 4.76. The molecule has 1 aliphatic heterocycles. The van der Waals surface area contributed by atoms with Gasteiger partial charge in [-0.1, -0.05) is 35.8 Å². The van der Waals surface area contributed by atoms with Gasteiger partial charge in [0.15, 0.2) is 0 Å². The third kappa shape index (κ3) is 3.09. The Hall–Kier alpha value is -1.62. The molecule has 3 rings (SSSR count). The summed E-state index contributed by atoms with van der Waals surface area (Å²) in [6.45, 7) is 6.14. The van der Waals surface area contributed by atoms with E-state index in [1.807, 2.05) is 13.1 Å². The molecule has 0 bridgehead atoms. The van der Waals surface area contributed by atoms with Crippen LogP contribution in [0.1, 0.15) is 36.7 Å². The van der Waals surface area contributed by atoms with Gasteiger partial charge in [-0.15, -0.1) is 0 Å². The molecule has 4 nitrogen and oxygen atoms in total. The van der Waals surface area contributed by atoms with Crippen LogP contribution in [0.5, 0.6) is 0 Å². The van der Waals surface area contributed by atoms with E-state index in [0.29, 0.717) is 5.92 Å². The van der Waals surface area contributed by atoms with Crippen molar-refractivity contribution in [1.29, 1.82) is 0 Å². The minimum Gasteiger partial charge on any atom is -0.373 e. The summed E-state index contributed by atoms with van der Waals surface area (Å²) in [4.78, 5) is 11.6. The van der Waals surface area contributed by atoms with Crippen molar-refractivity contribution >= 4 is 27.6 Å². The van der Waals surface area contributed by atoms with Gasteiger partial charge in [-0.2, -0.15) is 0 Å². The lowest BCUT2D eigenvalue weighted by atomic mass is 10.00. The van der Waals surface area contributed by atoms with Gasteiger partial charge in [0, 0.05) is 36.6 Å². The van der Waals surface area contributed by atoms with Crippen molar-refractivity contribution in [2.45, 2.75) is 32.7 Å². The molecule has 0 aliphatic carbocycles. The molecular formula is C17H21BrN4. The highest BCUT2D eigenvalue weighted by atomic mass is 79.9. The molecule has 5 heteroatoms. The van der Waals surface area contributed by atoms with Crippen molar-refractivity contribution in [3.8, 4) is 0 Å². The van der Waals surface area contributed by atoms with Gasteiger partial charge in [0.25, 0.3) is 0 Å². The van der Waals surface area contributed by atoms with Crippen molar-refractivity contribution < 1.29 is 0 Å². The van der Waals surface area contributed by atoms with Crippen LogP contribution in [0.25, 0.3) is 0 Å². The predicted molar refractivity (Wildman–Crippen MR) is 94.6 cm³/mol. The fourth-order valence-corrected chi connectivity index (χ4v) is 3.13. The van der Waals surface area contributed by atoms with Crippen LogP contribution in [0.4, 0.5) is 11.6 Å². The lowest BCUT2D eigenvalue weighted by molar-refractivity contribution is 0.703. The number of fused-ring (bicyclic) bond motifs is 1. The van der Waals surface area contributed by atoms with Crippen LogP contribution in [0, 0.1) is 0 Å². The number of nitrogens with zero attached hydrogens (tertiary/aromatic N) is 3. The van der Waals surface area contributed by atoms with Crippen LogP contribution in [0.2, 0.25) is 0 Å². The first kappa shape index (κ1) is 15.3. The molecule has 2 heterocycles. The van der Waals surface area contributed by atoms with E-state index < -0.39 is 0 Å². The molecule has 0 spiro atoms. The molecule has 0 atom stereocenters. The van der Waals surface area contributed by atoms with E-state index >= 15 is 0 Å². The fourth-order valence-electron chi connectivity index (χ4n) is 2.72. The van der Waals surface area contributed by atoms with Crippen LogP contribution < -0.4 is 10.2 Å². The first-order valence-electron chi connectivity index (χ1n) is 7.66. The first-order chi connectivity index (χ1) is 10.6. The highest BCUT2D eigenvalue weighted by Crippen LogP contribution is 2.27. The molecule has 22 heavy (non-hydrogen) atoms. The Morgan fingerprint density at radius 3 is 2.73 bits per heavy atom. The van der Waals surface area contributed by atoms with Gasteiger partial charge in [-0.3, -0.25) is 0 Å². The highest BCUT2D eigenvalue weighted by Gasteiger charge is 2.19. The molecule has 1 aromatic carbocycles. The number of halogens is 1. The van der Waals surface area contributed by atoms with Crippen molar-refractivity contribution in [2.24, 2.45) is 0 Å². The van der Waals surface area contributed by atoms with Gasteiger partial charge in [-0.25, -0.2) is 9.97 Å². The van der Waals surface area contributed by atoms with Crippen LogP contribution in [0.3, 0.4) is 0 Å². The summed E-state index contributed by atoms with van der Waals surface area (Å²) in [7, 11) is 1.90. The van der Waals surface area contributed by atoms with Gasteiger partial charge >= 0.3 is 0 Å². The Morgan fingerprint density at radius 1 is 1.18 bits per heavy atom. The second kappa shape index (κ2) is 6.24. The predicted octanol–water partition coefficient (Wildman–Crippen LogP) is 3.97. The van der Waals surface area contributed by atoms with Gasteiger partial charge in [0.2, 0.25) is 0 Å². The van der Waals surface area contributed by atoms with Crippen molar-refractivity contribution in [2.75, 3.05) is 23.8 Å². The highest BCUT2D eigenvalue weighted by molar-refractivity contribution is 9.10. The molecular weight excluding hydrogens is 340 g/mol. The third-order valence-electron chi connectivity index (χ3n) is 4.01. The first-order valence-corrected chi connectivity index (χ1v) is 8.45.